The van der Waals surface area contributed by atoms with E-state index in [9.17, 15) is 4.79 Å². The molecular weight excluding hydrogens is 248 g/mol. The van der Waals surface area contributed by atoms with Gasteiger partial charge in [0.25, 0.3) is 0 Å². The Morgan fingerprint density at radius 3 is 1.95 bits per heavy atom. The monoisotopic (exact) mass is 268 g/mol. The van der Waals surface area contributed by atoms with Gasteiger partial charge in [0, 0.05) is 0 Å². The molecule has 0 aromatic heterocycles. The Morgan fingerprint density at radius 1 is 0.950 bits per heavy atom. The second-order valence-electron chi connectivity index (χ2n) is 4.84. The van der Waals surface area contributed by atoms with Crippen LogP contribution in [0.4, 0.5) is 0 Å². The molecule has 2 heteroatoms. The second kappa shape index (κ2) is 6.90. The van der Waals surface area contributed by atoms with Gasteiger partial charge < -0.3 is 4.74 Å². The predicted molar refractivity (Wildman–Crippen MR) is 80.7 cm³/mol. The van der Waals surface area contributed by atoms with Crippen LogP contribution < -0.4 is 0 Å². The molecule has 2 nitrogen and oxygen atoms in total. The normalized spacial score (nSPS) is 13.5. The van der Waals surface area contributed by atoms with Crippen LogP contribution in [-0.4, -0.2) is 12.6 Å². The van der Waals surface area contributed by atoms with Crippen molar-refractivity contribution in [2.45, 2.75) is 25.7 Å². The molecule has 0 aliphatic carbocycles. The van der Waals surface area contributed by atoms with Crippen molar-refractivity contribution in [1.82, 2.24) is 0 Å². The fourth-order valence-corrected chi connectivity index (χ4v) is 2.47. The van der Waals surface area contributed by atoms with Gasteiger partial charge >= 0.3 is 5.97 Å². The molecule has 0 radical (unpaired) electrons. The largest absolute Gasteiger partial charge is 0.466 e. The summed E-state index contributed by atoms with van der Waals surface area (Å²) in [6.45, 7) is 4.32. The summed E-state index contributed by atoms with van der Waals surface area (Å²) in [5.41, 5.74) is 2.15. The van der Waals surface area contributed by atoms with E-state index in [2.05, 4.69) is 19.1 Å². The van der Waals surface area contributed by atoms with E-state index < -0.39 is 0 Å². The average molecular weight is 268 g/mol. The molecule has 2 unspecified atom stereocenters. The van der Waals surface area contributed by atoms with E-state index in [0.29, 0.717) is 6.61 Å². The Balaban J connectivity index is 2.34. The summed E-state index contributed by atoms with van der Waals surface area (Å²) in [5, 5.41) is 0. The van der Waals surface area contributed by atoms with E-state index in [0.717, 1.165) is 11.1 Å². The summed E-state index contributed by atoms with van der Waals surface area (Å²) in [6.07, 6.45) is 0. The first kappa shape index (κ1) is 14.3. The lowest BCUT2D eigenvalue weighted by Gasteiger charge is -2.23. The van der Waals surface area contributed by atoms with Crippen molar-refractivity contribution >= 4 is 5.97 Å². The highest BCUT2D eigenvalue weighted by atomic mass is 16.5. The van der Waals surface area contributed by atoms with Crippen molar-refractivity contribution in [2.75, 3.05) is 6.61 Å². The van der Waals surface area contributed by atoms with Crippen LogP contribution in [0.15, 0.2) is 60.7 Å². The van der Waals surface area contributed by atoms with Gasteiger partial charge in [-0.2, -0.15) is 0 Å². The Labute approximate surface area is 120 Å². The maximum Gasteiger partial charge on any atom is 0.314 e. The third-order valence-electron chi connectivity index (χ3n) is 3.52. The molecule has 2 atom stereocenters. The number of benzene rings is 2. The topological polar surface area (TPSA) is 26.3 Å². The van der Waals surface area contributed by atoms with Crippen LogP contribution in [0.3, 0.4) is 0 Å². The highest BCUT2D eigenvalue weighted by Gasteiger charge is 2.28. The molecule has 0 saturated heterocycles. The van der Waals surface area contributed by atoms with E-state index >= 15 is 0 Å². The zero-order valence-corrected chi connectivity index (χ0v) is 12.0. The van der Waals surface area contributed by atoms with Gasteiger partial charge in [0.2, 0.25) is 0 Å². The van der Waals surface area contributed by atoms with Crippen LogP contribution in [0.5, 0.6) is 0 Å². The maximum absolute atomic E-state index is 12.3. The van der Waals surface area contributed by atoms with Gasteiger partial charge in [-0.05, 0) is 24.0 Å². The molecule has 0 fully saturated rings. The van der Waals surface area contributed by atoms with Gasteiger partial charge in [-0.15, -0.1) is 0 Å². The number of rotatable bonds is 5. The first-order valence-electron chi connectivity index (χ1n) is 7.00. The van der Waals surface area contributed by atoms with Crippen molar-refractivity contribution < 1.29 is 9.53 Å². The van der Waals surface area contributed by atoms with Crippen LogP contribution >= 0.6 is 0 Å². The van der Waals surface area contributed by atoms with Gasteiger partial charge in [-0.3, -0.25) is 4.79 Å². The van der Waals surface area contributed by atoms with Crippen LogP contribution in [0.1, 0.15) is 36.8 Å². The third-order valence-corrected chi connectivity index (χ3v) is 3.52. The molecule has 2 aromatic rings. The molecule has 0 N–H and O–H groups in total. The number of esters is 1. The van der Waals surface area contributed by atoms with Crippen LogP contribution in [0.2, 0.25) is 0 Å². The molecule has 104 valence electrons. The molecule has 0 amide bonds. The molecular formula is C18H20O2. The summed E-state index contributed by atoms with van der Waals surface area (Å²) in [4.78, 5) is 12.3. The highest BCUT2D eigenvalue weighted by molar-refractivity contribution is 5.79. The number of hydrogen-bond acceptors (Lipinski definition) is 2. The predicted octanol–water partition coefficient (Wildman–Crippen LogP) is 4.14. The smallest absolute Gasteiger partial charge is 0.314 e. The fourth-order valence-electron chi connectivity index (χ4n) is 2.47. The molecule has 20 heavy (non-hydrogen) atoms. The third kappa shape index (κ3) is 3.27. The summed E-state index contributed by atoms with van der Waals surface area (Å²) < 4.78 is 5.26. The Bertz CT molecular complexity index is 534. The van der Waals surface area contributed by atoms with Crippen LogP contribution in [0, 0.1) is 0 Å². The highest BCUT2D eigenvalue weighted by Crippen LogP contribution is 2.33. The summed E-state index contributed by atoms with van der Waals surface area (Å²) in [6, 6.07) is 19.9. The van der Waals surface area contributed by atoms with Gasteiger partial charge in [-0.1, -0.05) is 67.6 Å². The van der Waals surface area contributed by atoms with Crippen LogP contribution in [-0.2, 0) is 9.53 Å². The summed E-state index contributed by atoms with van der Waals surface area (Å²) in [5.74, 6) is -0.341. The van der Waals surface area contributed by atoms with Crippen molar-refractivity contribution in [1.29, 1.82) is 0 Å². The zero-order chi connectivity index (χ0) is 14.4. The molecule has 0 aliphatic rings. The quantitative estimate of drug-likeness (QED) is 0.762. The van der Waals surface area contributed by atoms with E-state index in [4.69, 9.17) is 4.74 Å². The van der Waals surface area contributed by atoms with Gasteiger partial charge in [0.1, 0.15) is 0 Å². The number of carbonyl (C=O) groups is 1. The zero-order valence-electron chi connectivity index (χ0n) is 12.0. The van der Waals surface area contributed by atoms with Gasteiger partial charge in [-0.25, -0.2) is 0 Å². The van der Waals surface area contributed by atoms with Gasteiger partial charge in [0.05, 0.1) is 12.5 Å². The van der Waals surface area contributed by atoms with Gasteiger partial charge in [0.15, 0.2) is 0 Å². The van der Waals surface area contributed by atoms with Crippen molar-refractivity contribution in [3.05, 3.63) is 71.8 Å². The van der Waals surface area contributed by atoms with E-state index in [-0.39, 0.29) is 17.8 Å². The lowest BCUT2D eigenvalue weighted by Crippen LogP contribution is -2.21. The van der Waals surface area contributed by atoms with E-state index in [1.807, 2.05) is 55.5 Å². The molecule has 0 bridgehead atoms. The average Bonchev–Trinajstić information content (AvgIpc) is 2.50. The Kier molecular flexibility index (Phi) is 4.94. The molecule has 2 aromatic carbocycles. The van der Waals surface area contributed by atoms with Crippen LogP contribution in [0.25, 0.3) is 0 Å². The SMILES string of the molecule is CCOC(=O)C(c1ccccc1)C(C)c1ccccc1. The molecule has 0 heterocycles. The minimum absolute atomic E-state index is 0.0812. The minimum Gasteiger partial charge on any atom is -0.466 e. The molecule has 0 saturated carbocycles. The minimum atomic E-state index is -0.265. The Morgan fingerprint density at radius 2 is 1.45 bits per heavy atom. The number of hydrogen-bond donors (Lipinski definition) is 0. The summed E-state index contributed by atoms with van der Waals surface area (Å²) in [7, 11) is 0. The Hall–Kier alpha value is -2.09. The van der Waals surface area contributed by atoms with E-state index in [1.54, 1.807) is 0 Å². The lowest BCUT2D eigenvalue weighted by molar-refractivity contribution is -0.145. The maximum atomic E-state index is 12.3. The lowest BCUT2D eigenvalue weighted by atomic mass is 9.83. The van der Waals surface area contributed by atoms with Crippen molar-refractivity contribution in [2.24, 2.45) is 0 Å². The molecule has 0 spiro atoms. The van der Waals surface area contributed by atoms with Crippen molar-refractivity contribution in [3.8, 4) is 0 Å². The first-order chi connectivity index (χ1) is 9.74. The summed E-state index contributed by atoms with van der Waals surface area (Å²) >= 11 is 0. The van der Waals surface area contributed by atoms with E-state index in [1.165, 1.54) is 0 Å². The number of ether oxygens (including phenoxy) is 1. The second-order valence-corrected chi connectivity index (χ2v) is 4.84. The van der Waals surface area contributed by atoms with Crippen molar-refractivity contribution in [3.63, 3.8) is 0 Å². The number of carbonyl (C=O) groups excluding carboxylic acids is 1. The standard InChI is InChI=1S/C18H20O2/c1-3-20-18(19)17(16-12-8-5-9-13-16)14(2)15-10-6-4-7-11-15/h4-14,17H,3H2,1-2H3. The molecule has 0 aliphatic heterocycles. The molecule has 2 rings (SSSR count). The first-order valence-corrected chi connectivity index (χ1v) is 7.00. The fraction of sp³-hybridized carbons (Fsp3) is 0.278.